The topological polar surface area (TPSA) is 93.2 Å². The Morgan fingerprint density at radius 1 is 1.53 bits per heavy atom. The predicted octanol–water partition coefficient (Wildman–Crippen LogP) is 1.63. The molecule has 0 aromatic heterocycles. The van der Waals surface area contributed by atoms with Crippen LogP contribution in [0.5, 0.6) is 0 Å². The fourth-order valence-electron chi connectivity index (χ4n) is 1.70. The molecule has 0 radical (unpaired) electrons. The SMILES string of the molecule is CCOC(=O)C(C#N)C(CC(C)C)C[N+](=O)[O-]. The van der Waals surface area contributed by atoms with Crippen molar-refractivity contribution in [2.24, 2.45) is 17.8 Å². The monoisotopic (exact) mass is 242 g/mol. The minimum Gasteiger partial charge on any atom is -0.465 e. The molecule has 6 heteroatoms. The van der Waals surface area contributed by atoms with E-state index in [1.165, 1.54) is 0 Å². The van der Waals surface area contributed by atoms with E-state index < -0.39 is 22.7 Å². The van der Waals surface area contributed by atoms with Crippen LogP contribution < -0.4 is 0 Å². The Kier molecular flexibility index (Phi) is 6.87. The molecule has 0 aliphatic heterocycles. The lowest BCUT2D eigenvalue weighted by Gasteiger charge is -2.18. The van der Waals surface area contributed by atoms with E-state index in [-0.39, 0.29) is 19.1 Å². The number of nitro groups is 1. The molecule has 0 bridgehead atoms. The quantitative estimate of drug-likeness (QED) is 0.384. The van der Waals surface area contributed by atoms with Crippen LogP contribution in [-0.2, 0) is 9.53 Å². The van der Waals surface area contributed by atoms with Crippen molar-refractivity contribution in [3.63, 3.8) is 0 Å². The predicted molar refractivity (Wildman–Crippen MR) is 60.5 cm³/mol. The van der Waals surface area contributed by atoms with Crippen LogP contribution in [0.3, 0.4) is 0 Å². The van der Waals surface area contributed by atoms with Gasteiger partial charge in [0.15, 0.2) is 5.92 Å². The van der Waals surface area contributed by atoms with Gasteiger partial charge in [0.2, 0.25) is 6.54 Å². The number of nitriles is 1. The molecule has 0 N–H and O–H groups in total. The van der Waals surface area contributed by atoms with E-state index in [2.05, 4.69) is 0 Å². The van der Waals surface area contributed by atoms with Crippen LogP contribution in [0.4, 0.5) is 0 Å². The summed E-state index contributed by atoms with van der Waals surface area (Å²) in [6.45, 7) is 5.22. The van der Waals surface area contributed by atoms with Crippen molar-refractivity contribution in [2.45, 2.75) is 27.2 Å². The Morgan fingerprint density at radius 2 is 2.12 bits per heavy atom. The highest BCUT2D eigenvalue weighted by atomic mass is 16.6. The molecule has 0 aromatic carbocycles. The first kappa shape index (κ1) is 15.4. The van der Waals surface area contributed by atoms with E-state index in [9.17, 15) is 14.9 Å². The second-order valence-electron chi connectivity index (χ2n) is 4.26. The van der Waals surface area contributed by atoms with Gasteiger partial charge in [-0.15, -0.1) is 0 Å². The van der Waals surface area contributed by atoms with Crippen molar-refractivity contribution in [3.8, 4) is 6.07 Å². The van der Waals surface area contributed by atoms with Crippen LogP contribution >= 0.6 is 0 Å². The Morgan fingerprint density at radius 3 is 2.47 bits per heavy atom. The number of hydrogen-bond acceptors (Lipinski definition) is 5. The summed E-state index contributed by atoms with van der Waals surface area (Å²) in [6, 6.07) is 1.82. The van der Waals surface area contributed by atoms with E-state index in [1.807, 2.05) is 19.9 Å². The van der Waals surface area contributed by atoms with Gasteiger partial charge in [-0.3, -0.25) is 14.9 Å². The maximum atomic E-state index is 11.5. The van der Waals surface area contributed by atoms with Crippen LogP contribution in [0.25, 0.3) is 0 Å². The van der Waals surface area contributed by atoms with Crippen LogP contribution in [0.1, 0.15) is 27.2 Å². The molecular formula is C11H18N2O4. The molecule has 0 aliphatic rings. The van der Waals surface area contributed by atoms with Crippen LogP contribution in [0.15, 0.2) is 0 Å². The Bertz CT molecular complexity index is 309. The van der Waals surface area contributed by atoms with Gasteiger partial charge in [-0.1, -0.05) is 13.8 Å². The minimum atomic E-state index is -1.05. The van der Waals surface area contributed by atoms with Gasteiger partial charge in [0.1, 0.15) is 0 Å². The molecule has 0 amide bonds. The number of carbonyl (C=O) groups is 1. The Labute approximate surface area is 101 Å². The third kappa shape index (κ3) is 5.85. The third-order valence-corrected chi connectivity index (χ3v) is 2.31. The van der Waals surface area contributed by atoms with Crippen molar-refractivity contribution in [1.82, 2.24) is 0 Å². The van der Waals surface area contributed by atoms with Crippen molar-refractivity contribution in [3.05, 3.63) is 10.1 Å². The highest BCUT2D eigenvalue weighted by Gasteiger charge is 2.33. The molecule has 96 valence electrons. The van der Waals surface area contributed by atoms with Gasteiger partial charge < -0.3 is 4.74 Å². The normalized spacial score (nSPS) is 13.8. The molecule has 0 rings (SSSR count). The highest BCUT2D eigenvalue weighted by Crippen LogP contribution is 2.22. The van der Waals surface area contributed by atoms with Crippen molar-refractivity contribution in [1.29, 1.82) is 5.26 Å². The van der Waals surface area contributed by atoms with Gasteiger partial charge in [-0.25, -0.2) is 0 Å². The average molecular weight is 242 g/mol. The summed E-state index contributed by atoms with van der Waals surface area (Å²) in [5, 5.41) is 19.5. The van der Waals surface area contributed by atoms with E-state index in [4.69, 9.17) is 10.00 Å². The first-order valence-electron chi connectivity index (χ1n) is 5.60. The second kappa shape index (κ2) is 7.60. The van der Waals surface area contributed by atoms with Gasteiger partial charge in [-0.05, 0) is 19.3 Å². The maximum absolute atomic E-state index is 11.5. The van der Waals surface area contributed by atoms with Gasteiger partial charge >= 0.3 is 5.97 Å². The molecule has 0 saturated heterocycles. The molecule has 0 aromatic rings. The molecule has 0 saturated carbocycles. The first-order valence-corrected chi connectivity index (χ1v) is 5.60. The van der Waals surface area contributed by atoms with Gasteiger partial charge in [-0.2, -0.15) is 5.26 Å². The molecule has 0 fully saturated rings. The highest BCUT2D eigenvalue weighted by molar-refractivity contribution is 5.75. The van der Waals surface area contributed by atoms with Crippen LogP contribution in [-0.4, -0.2) is 24.0 Å². The summed E-state index contributed by atoms with van der Waals surface area (Å²) < 4.78 is 4.75. The second-order valence-corrected chi connectivity index (χ2v) is 4.26. The molecular weight excluding hydrogens is 224 g/mol. The largest absolute Gasteiger partial charge is 0.465 e. The third-order valence-electron chi connectivity index (χ3n) is 2.31. The summed E-state index contributed by atoms with van der Waals surface area (Å²) in [5.41, 5.74) is 0. The summed E-state index contributed by atoms with van der Waals surface area (Å²) in [5.74, 6) is -2.12. The number of esters is 1. The molecule has 0 heterocycles. The van der Waals surface area contributed by atoms with E-state index in [1.54, 1.807) is 6.92 Å². The summed E-state index contributed by atoms with van der Waals surface area (Å²) in [6.07, 6.45) is 0.456. The molecule has 17 heavy (non-hydrogen) atoms. The zero-order valence-corrected chi connectivity index (χ0v) is 10.4. The van der Waals surface area contributed by atoms with Crippen molar-refractivity contribution in [2.75, 3.05) is 13.2 Å². The lowest BCUT2D eigenvalue weighted by molar-refractivity contribution is -0.489. The van der Waals surface area contributed by atoms with E-state index in [0.29, 0.717) is 6.42 Å². The van der Waals surface area contributed by atoms with E-state index in [0.717, 1.165) is 0 Å². The smallest absolute Gasteiger partial charge is 0.323 e. The fourth-order valence-corrected chi connectivity index (χ4v) is 1.70. The average Bonchev–Trinajstić information content (AvgIpc) is 2.16. The van der Waals surface area contributed by atoms with Crippen molar-refractivity contribution < 1.29 is 14.5 Å². The number of nitrogens with zero attached hydrogens (tertiary/aromatic N) is 2. The van der Waals surface area contributed by atoms with Crippen LogP contribution in [0, 0.1) is 39.2 Å². The standard InChI is InChI=1S/C11H18N2O4/c1-4-17-11(14)10(6-12)9(5-8(2)3)7-13(15)16/h8-10H,4-5,7H2,1-3H3. The zero-order chi connectivity index (χ0) is 13.4. The lowest BCUT2D eigenvalue weighted by Crippen LogP contribution is -2.30. The molecule has 6 nitrogen and oxygen atoms in total. The minimum absolute atomic E-state index is 0.171. The van der Waals surface area contributed by atoms with Crippen molar-refractivity contribution >= 4 is 5.97 Å². The summed E-state index contributed by atoms with van der Waals surface area (Å²) in [4.78, 5) is 21.6. The first-order chi connectivity index (χ1) is 7.92. The summed E-state index contributed by atoms with van der Waals surface area (Å²) in [7, 11) is 0. The maximum Gasteiger partial charge on any atom is 0.323 e. The molecule has 2 atom stereocenters. The van der Waals surface area contributed by atoms with E-state index >= 15 is 0 Å². The van der Waals surface area contributed by atoms with Gasteiger partial charge in [0.05, 0.1) is 18.6 Å². The fraction of sp³-hybridized carbons (Fsp3) is 0.818. The summed E-state index contributed by atoms with van der Waals surface area (Å²) >= 11 is 0. The number of ether oxygens (including phenoxy) is 1. The number of carbonyl (C=O) groups excluding carboxylic acids is 1. The number of rotatable bonds is 7. The molecule has 2 unspecified atom stereocenters. The van der Waals surface area contributed by atoms with Gasteiger partial charge in [0, 0.05) is 4.92 Å². The van der Waals surface area contributed by atoms with Crippen LogP contribution in [0.2, 0.25) is 0 Å². The zero-order valence-electron chi connectivity index (χ0n) is 10.4. The molecule has 0 spiro atoms. The molecule has 0 aliphatic carbocycles. The Hall–Kier alpha value is -1.64. The Balaban J connectivity index is 4.78. The number of hydrogen-bond donors (Lipinski definition) is 0. The lowest BCUT2D eigenvalue weighted by atomic mass is 9.86. The van der Waals surface area contributed by atoms with Gasteiger partial charge in [0.25, 0.3) is 0 Å².